The molecule has 96 valence electrons. The summed E-state index contributed by atoms with van der Waals surface area (Å²) in [4.78, 5) is 11.9. The number of carbonyl (C=O) groups excluding carboxylic acids is 1. The fourth-order valence-electron chi connectivity index (χ4n) is 2.36. The van der Waals surface area contributed by atoms with Gasteiger partial charge in [0.2, 0.25) is 0 Å². The summed E-state index contributed by atoms with van der Waals surface area (Å²) in [6, 6.07) is 12.1. The van der Waals surface area contributed by atoms with E-state index < -0.39 is 0 Å². The van der Waals surface area contributed by atoms with Gasteiger partial charge in [0, 0.05) is 15.7 Å². The first kappa shape index (κ1) is 12.5. The van der Waals surface area contributed by atoms with Crippen LogP contribution in [0.2, 0.25) is 0 Å². The van der Waals surface area contributed by atoms with Crippen molar-refractivity contribution in [3.05, 3.63) is 56.7 Å². The van der Waals surface area contributed by atoms with Gasteiger partial charge in [-0.05, 0) is 51.9 Å². The maximum absolute atomic E-state index is 11.9. The molecule has 2 aromatic rings. The number of halogens is 1. The van der Waals surface area contributed by atoms with Crippen molar-refractivity contribution in [2.45, 2.75) is 6.42 Å². The molecule has 0 saturated carbocycles. The number of nitrogens with one attached hydrogen (secondary N) is 1. The van der Waals surface area contributed by atoms with Crippen molar-refractivity contribution in [3.63, 3.8) is 0 Å². The van der Waals surface area contributed by atoms with Crippen molar-refractivity contribution in [2.75, 3.05) is 12.4 Å². The fraction of sp³-hybridized carbons (Fsp3) is 0.133. The summed E-state index contributed by atoms with van der Waals surface area (Å²) in [6.07, 6.45) is 0.833. The normalized spacial score (nSPS) is 12.1. The van der Waals surface area contributed by atoms with E-state index in [1.165, 1.54) is 12.7 Å². The second-order valence-electron chi connectivity index (χ2n) is 4.44. The Bertz CT molecular complexity index is 667. The van der Waals surface area contributed by atoms with Gasteiger partial charge in [-0.3, -0.25) is 0 Å². The van der Waals surface area contributed by atoms with Crippen LogP contribution >= 0.6 is 22.6 Å². The van der Waals surface area contributed by atoms with Gasteiger partial charge in [0.1, 0.15) is 0 Å². The molecule has 19 heavy (non-hydrogen) atoms. The summed E-state index contributed by atoms with van der Waals surface area (Å²) in [5, 5.41) is 3.35. The zero-order chi connectivity index (χ0) is 13.4. The van der Waals surface area contributed by atoms with Crippen LogP contribution in [0.4, 0.5) is 11.4 Å². The molecule has 3 rings (SSSR count). The summed E-state index contributed by atoms with van der Waals surface area (Å²) < 4.78 is 5.90. The summed E-state index contributed by atoms with van der Waals surface area (Å²) in [6.45, 7) is 0. The van der Waals surface area contributed by atoms with Crippen molar-refractivity contribution >= 4 is 39.9 Å². The first-order chi connectivity index (χ1) is 9.19. The summed E-state index contributed by atoms with van der Waals surface area (Å²) in [7, 11) is 1.41. The standard InChI is InChI=1S/C15H12INO2/c1-19-15(18)12-8-11(16)7-10-6-9-4-2-3-5-13(9)17-14(10)12/h2-5,7-8,17H,6H2,1H3. The molecule has 0 bridgehead atoms. The molecule has 0 atom stereocenters. The largest absolute Gasteiger partial charge is 0.465 e. The number of benzene rings is 2. The van der Waals surface area contributed by atoms with E-state index in [1.54, 1.807) is 0 Å². The van der Waals surface area contributed by atoms with Crippen LogP contribution in [0.15, 0.2) is 36.4 Å². The molecule has 1 N–H and O–H groups in total. The third-order valence-corrected chi connectivity index (χ3v) is 3.87. The molecule has 1 aliphatic heterocycles. The van der Waals surface area contributed by atoms with Crippen molar-refractivity contribution in [1.29, 1.82) is 0 Å². The minimum absolute atomic E-state index is 0.304. The van der Waals surface area contributed by atoms with Gasteiger partial charge in [-0.15, -0.1) is 0 Å². The van der Waals surface area contributed by atoms with E-state index in [-0.39, 0.29) is 5.97 Å². The Morgan fingerprint density at radius 1 is 1.26 bits per heavy atom. The SMILES string of the molecule is COC(=O)c1cc(I)cc2c1Nc1ccccc1C2. The molecule has 4 heteroatoms. The molecule has 0 spiro atoms. The highest BCUT2D eigenvalue weighted by atomic mass is 127. The highest BCUT2D eigenvalue weighted by Gasteiger charge is 2.21. The van der Waals surface area contributed by atoms with E-state index in [4.69, 9.17) is 4.74 Å². The molecular weight excluding hydrogens is 353 g/mol. The second kappa shape index (κ2) is 4.85. The van der Waals surface area contributed by atoms with Gasteiger partial charge in [-0.2, -0.15) is 0 Å². The Labute approximate surface area is 125 Å². The van der Waals surface area contributed by atoms with E-state index in [0.29, 0.717) is 5.56 Å². The number of methoxy groups -OCH3 is 1. The second-order valence-corrected chi connectivity index (χ2v) is 5.68. The van der Waals surface area contributed by atoms with E-state index in [2.05, 4.69) is 40.0 Å². The van der Waals surface area contributed by atoms with Crippen LogP contribution in [-0.4, -0.2) is 13.1 Å². The van der Waals surface area contributed by atoms with Gasteiger partial charge < -0.3 is 10.1 Å². The van der Waals surface area contributed by atoms with Gasteiger partial charge in [-0.25, -0.2) is 4.79 Å². The average molecular weight is 365 g/mol. The van der Waals surface area contributed by atoms with Gasteiger partial charge in [-0.1, -0.05) is 18.2 Å². The Balaban J connectivity index is 2.14. The highest BCUT2D eigenvalue weighted by molar-refractivity contribution is 14.1. The van der Waals surface area contributed by atoms with Crippen LogP contribution < -0.4 is 5.32 Å². The number of rotatable bonds is 1. The van der Waals surface area contributed by atoms with Gasteiger partial charge >= 0.3 is 5.97 Å². The predicted octanol–water partition coefficient (Wildman–Crippen LogP) is 3.73. The summed E-state index contributed by atoms with van der Waals surface area (Å²) in [5.74, 6) is -0.304. The van der Waals surface area contributed by atoms with Crippen LogP contribution in [0.3, 0.4) is 0 Å². The molecule has 3 nitrogen and oxygen atoms in total. The van der Waals surface area contributed by atoms with Crippen molar-refractivity contribution in [1.82, 2.24) is 0 Å². The zero-order valence-corrected chi connectivity index (χ0v) is 12.5. The lowest BCUT2D eigenvalue weighted by atomic mass is 9.95. The van der Waals surface area contributed by atoms with Crippen LogP contribution in [0.1, 0.15) is 21.5 Å². The molecule has 0 fully saturated rings. The molecule has 0 unspecified atom stereocenters. The Hall–Kier alpha value is -1.56. The van der Waals surface area contributed by atoms with Gasteiger partial charge in [0.25, 0.3) is 0 Å². The number of esters is 1. The number of ether oxygens (including phenoxy) is 1. The minimum atomic E-state index is -0.304. The van der Waals surface area contributed by atoms with Crippen LogP contribution in [0, 0.1) is 3.57 Å². The quantitative estimate of drug-likeness (QED) is 0.528. The van der Waals surface area contributed by atoms with Gasteiger partial charge in [0.15, 0.2) is 0 Å². The molecular formula is C15H12INO2. The third-order valence-electron chi connectivity index (χ3n) is 3.25. The van der Waals surface area contributed by atoms with Crippen LogP contribution in [-0.2, 0) is 11.2 Å². The zero-order valence-electron chi connectivity index (χ0n) is 10.4. The van der Waals surface area contributed by atoms with Crippen LogP contribution in [0.25, 0.3) is 0 Å². The van der Waals surface area contributed by atoms with E-state index in [0.717, 1.165) is 26.9 Å². The molecule has 0 aromatic heterocycles. The molecule has 1 aliphatic rings. The Kier molecular flexibility index (Phi) is 3.18. The minimum Gasteiger partial charge on any atom is -0.465 e. The fourth-order valence-corrected chi connectivity index (χ4v) is 3.04. The number of para-hydroxylation sites is 1. The molecule has 0 radical (unpaired) electrons. The monoisotopic (exact) mass is 365 g/mol. The Morgan fingerprint density at radius 2 is 2.05 bits per heavy atom. The molecule has 2 aromatic carbocycles. The maximum atomic E-state index is 11.9. The first-order valence-corrected chi connectivity index (χ1v) is 7.02. The lowest BCUT2D eigenvalue weighted by molar-refractivity contribution is 0.0601. The van der Waals surface area contributed by atoms with E-state index in [1.807, 2.05) is 24.3 Å². The van der Waals surface area contributed by atoms with Crippen LogP contribution in [0.5, 0.6) is 0 Å². The topological polar surface area (TPSA) is 38.3 Å². The van der Waals surface area contributed by atoms with Crippen molar-refractivity contribution in [3.8, 4) is 0 Å². The van der Waals surface area contributed by atoms with Crippen molar-refractivity contribution < 1.29 is 9.53 Å². The number of anilines is 2. The lowest BCUT2D eigenvalue weighted by Crippen LogP contribution is -2.13. The first-order valence-electron chi connectivity index (χ1n) is 5.94. The number of carbonyl (C=O) groups is 1. The number of hydrogen-bond donors (Lipinski definition) is 1. The Morgan fingerprint density at radius 3 is 2.84 bits per heavy atom. The number of fused-ring (bicyclic) bond motifs is 2. The highest BCUT2D eigenvalue weighted by Crippen LogP contribution is 2.36. The maximum Gasteiger partial charge on any atom is 0.340 e. The van der Waals surface area contributed by atoms with E-state index >= 15 is 0 Å². The summed E-state index contributed by atoms with van der Waals surface area (Å²) in [5.41, 5.74) is 4.89. The smallest absolute Gasteiger partial charge is 0.340 e. The van der Waals surface area contributed by atoms with Crippen molar-refractivity contribution in [2.24, 2.45) is 0 Å². The third kappa shape index (κ3) is 2.20. The molecule has 0 amide bonds. The predicted molar refractivity (Wildman–Crippen MR) is 83.0 cm³/mol. The molecule has 0 saturated heterocycles. The lowest BCUT2D eigenvalue weighted by Gasteiger charge is -2.23. The summed E-state index contributed by atoms with van der Waals surface area (Å²) >= 11 is 2.23. The molecule has 0 aliphatic carbocycles. The van der Waals surface area contributed by atoms with Gasteiger partial charge in [0.05, 0.1) is 18.4 Å². The number of hydrogen-bond acceptors (Lipinski definition) is 3. The average Bonchev–Trinajstić information content (AvgIpc) is 2.43. The molecule has 1 heterocycles. The van der Waals surface area contributed by atoms with E-state index in [9.17, 15) is 4.79 Å².